The van der Waals surface area contributed by atoms with Gasteiger partial charge < -0.3 is 5.11 Å². The van der Waals surface area contributed by atoms with Crippen LogP contribution in [0.15, 0.2) is 15.9 Å². The van der Waals surface area contributed by atoms with Crippen LogP contribution >= 0.6 is 27.3 Å². The van der Waals surface area contributed by atoms with Gasteiger partial charge in [-0.05, 0) is 35.0 Å². The average molecular weight is 302 g/mol. The summed E-state index contributed by atoms with van der Waals surface area (Å²) in [7, 11) is 0. The standard InChI is InChI=1S/C9H8BrN3O2S/c1-2-13-11-7(8(12-13)9(14)15)5-3-4-6(10)16-5/h3-4H,2H2,1H3,(H,14,15). The number of nitrogens with zero attached hydrogens (tertiary/aromatic N) is 3. The van der Waals surface area contributed by atoms with E-state index in [-0.39, 0.29) is 5.69 Å². The van der Waals surface area contributed by atoms with E-state index in [1.54, 1.807) is 0 Å². The third kappa shape index (κ3) is 2.00. The number of halogens is 1. The fourth-order valence-corrected chi connectivity index (χ4v) is 2.61. The van der Waals surface area contributed by atoms with Crippen LogP contribution in [-0.4, -0.2) is 26.1 Å². The number of hydrogen-bond donors (Lipinski definition) is 1. The first-order valence-corrected chi connectivity index (χ1v) is 6.17. The molecule has 0 aliphatic rings. The van der Waals surface area contributed by atoms with Gasteiger partial charge in [0.25, 0.3) is 0 Å². The Morgan fingerprint density at radius 3 is 2.81 bits per heavy atom. The Hall–Kier alpha value is -1.21. The zero-order valence-electron chi connectivity index (χ0n) is 8.35. The summed E-state index contributed by atoms with van der Waals surface area (Å²) >= 11 is 4.76. The van der Waals surface area contributed by atoms with Gasteiger partial charge in [0.15, 0.2) is 5.69 Å². The summed E-state index contributed by atoms with van der Waals surface area (Å²) < 4.78 is 0.935. The van der Waals surface area contributed by atoms with E-state index in [1.165, 1.54) is 16.1 Å². The van der Waals surface area contributed by atoms with Crippen LogP contribution in [0.5, 0.6) is 0 Å². The molecule has 0 atom stereocenters. The maximum absolute atomic E-state index is 11.0. The quantitative estimate of drug-likeness (QED) is 0.946. The van der Waals surface area contributed by atoms with Crippen LogP contribution in [-0.2, 0) is 6.54 Å². The second-order valence-corrected chi connectivity index (χ2v) is 5.46. The van der Waals surface area contributed by atoms with Gasteiger partial charge in [0.2, 0.25) is 0 Å². The molecule has 5 nitrogen and oxygen atoms in total. The highest BCUT2D eigenvalue weighted by atomic mass is 79.9. The van der Waals surface area contributed by atoms with Gasteiger partial charge in [-0.2, -0.15) is 9.90 Å². The van der Waals surface area contributed by atoms with E-state index in [0.29, 0.717) is 12.2 Å². The molecule has 84 valence electrons. The molecule has 0 aromatic carbocycles. The molecule has 0 radical (unpaired) electrons. The lowest BCUT2D eigenvalue weighted by molar-refractivity contribution is 0.0690. The first kappa shape index (κ1) is 11.3. The molecule has 2 aromatic rings. The van der Waals surface area contributed by atoms with Crippen molar-refractivity contribution < 1.29 is 9.90 Å². The Labute approximate surface area is 104 Å². The minimum absolute atomic E-state index is 0.00352. The summed E-state index contributed by atoms with van der Waals surface area (Å²) in [4.78, 5) is 13.2. The summed E-state index contributed by atoms with van der Waals surface area (Å²) in [6, 6.07) is 3.68. The summed E-state index contributed by atoms with van der Waals surface area (Å²) in [6.07, 6.45) is 0. The van der Waals surface area contributed by atoms with Gasteiger partial charge in [0.1, 0.15) is 5.69 Å². The van der Waals surface area contributed by atoms with Gasteiger partial charge in [-0.15, -0.1) is 16.4 Å². The van der Waals surface area contributed by atoms with E-state index in [2.05, 4.69) is 26.1 Å². The number of thiophene rings is 1. The van der Waals surface area contributed by atoms with Crippen molar-refractivity contribution in [2.75, 3.05) is 0 Å². The van der Waals surface area contributed by atoms with Gasteiger partial charge in [-0.3, -0.25) is 0 Å². The van der Waals surface area contributed by atoms with Crippen molar-refractivity contribution in [2.24, 2.45) is 0 Å². The molecule has 0 fully saturated rings. The Kier molecular flexibility index (Phi) is 3.06. The predicted molar refractivity (Wildman–Crippen MR) is 63.7 cm³/mol. The van der Waals surface area contributed by atoms with E-state index in [1.807, 2.05) is 19.1 Å². The minimum Gasteiger partial charge on any atom is -0.476 e. The Balaban J connectivity index is 2.54. The highest BCUT2D eigenvalue weighted by Gasteiger charge is 2.19. The Bertz CT molecular complexity index is 535. The largest absolute Gasteiger partial charge is 0.476 e. The molecule has 0 saturated heterocycles. The molecule has 0 spiro atoms. The number of rotatable bonds is 3. The predicted octanol–water partition coefficient (Wildman–Crippen LogP) is 2.49. The topological polar surface area (TPSA) is 68.0 Å². The second kappa shape index (κ2) is 4.34. The number of carboxylic acid groups (broad SMARTS) is 1. The first-order valence-electron chi connectivity index (χ1n) is 4.56. The van der Waals surface area contributed by atoms with Crippen molar-refractivity contribution in [1.82, 2.24) is 15.0 Å². The monoisotopic (exact) mass is 301 g/mol. The molecule has 2 heterocycles. The lowest BCUT2D eigenvalue weighted by Crippen LogP contribution is -2.02. The van der Waals surface area contributed by atoms with E-state index in [0.717, 1.165) is 8.66 Å². The second-order valence-electron chi connectivity index (χ2n) is 2.99. The molecular weight excluding hydrogens is 294 g/mol. The lowest BCUT2D eigenvalue weighted by Gasteiger charge is -1.90. The first-order chi connectivity index (χ1) is 7.61. The molecule has 0 unspecified atom stereocenters. The maximum Gasteiger partial charge on any atom is 0.358 e. The molecule has 0 aliphatic heterocycles. The number of aromatic nitrogens is 3. The molecule has 1 N–H and O–H groups in total. The molecule has 16 heavy (non-hydrogen) atoms. The molecule has 0 aliphatic carbocycles. The number of carbonyl (C=O) groups is 1. The maximum atomic E-state index is 11.0. The van der Waals surface area contributed by atoms with Crippen molar-refractivity contribution in [3.05, 3.63) is 21.6 Å². The summed E-state index contributed by atoms with van der Waals surface area (Å²) in [5.74, 6) is -1.06. The van der Waals surface area contributed by atoms with Crippen LogP contribution in [0.1, 0.15) is 17.4 Å². The van der Waals surface area contributed by atoms with E-state index >= 15 is 0 Å². The molecule has 0 saturated carbocycles. The zero-order valence-corrected chi connectivity index (χ0v) is 10.7. The van der Waals surface area contributed by atoms with Crippen LogP contribution in [0.4, 0.5) is 0 Å². The van der Waals surface area contributed by atoms with Crippen LogP contribution in [0.3, 0.4) is 0 Å². The van der Waals surface area contributed by atoms with Gasteiger partial charge in [0.05, 0.1) is 15.2 Å². The van der Waals surface area contributed by atoms with Crippen molar-refractivity contribution in [1.29, 1.82) is 0 Å². The SMILES string of the molecule is CCn1nc(C(=O)O)c(-c2ccc(Br)s2)n1. The average Bonchev–Trinajstić information content (AvgIpc) is 2.82. The number of aromatic carboxylic acids is 1. The molecule has 7 heteroatoms. The number of aryl methyl sites for hydroxylation is 1. The van der Waals surface area contributed by atoms with Crippen LogP contribution in [0.2, 0.25) is 0 Å². The van der Waals surface area contributed by atoms with Gasteiger partial charge in [-0.25, -0.2) is 4.79 Å². The van der Waals surface area contributed by atoms with Crippen LogP contribution in [0, 0.1) is 0 Å². The van der Waals surface area contributed by atoms with Gasteiger partial charge in [0, 0.05) is 0 Å². The molecule has 2 rings (SSSR count). The van der Waals surface area contributed by atoms with Crippen molar-refractivity contribution in [2.45, 2.75) is 13.5 Å². The zero-order chi connectivity index (χ0) is 11.7. The molecule has 0 amide bonds. The van der Waals surface area contributed by atoms with E-state index in [9.17, 15) is 4.79 Å². The normalized spacial score (nSPS) is 10.6. The van der Waals surface area contributed by atoms with Crippen molar-refractivity contribution in [3.8, 4) is 10.6 Å². The van der Waals surface area contributed by atoms with Crippen LogP contribution < -0.4 is 0 Å². The third-order valence-electron chi connectivity index (χ3n) is 1.95. The van der Waals surface area contributed by atoms with Crippen molar-refractivity contribution >= 4 is 33.2 Å². The van der Waals surface area contributed by atoms with Gasteiger partial charge in [-0.1, -0.05) is 0 Å². The highest BCUT2D eigenvalue weighted by molar-refractivity contribution is 9.11. The Morgan fingerprint density at radius 2 is 2.31 bits per heavy atom. The third-order valence-corrected chi connectivity index (χ3v) is 3.58. The Morgan fingerprint density at radius 1 is 1.56 bits per heavy atom. The number of hydrogen-bond acceptors (Lipinski definition) is 4. The van der Waals surface area contributed by atoms with Crippen molar-refractivity contribution in [3.63, 3.8) is 0 Å². The van der Waals surface area contributed by atoms with E-state index in [4.69, 9.17) is 5.11 Å². The summed E-state index contributed by atoms with van der Waals surface area (Å²) in [6.45, 7) is 2.41. The summed E-state index contributed by atoms with van der Waals surface area (Å²) in [5, 5.41) is 17.1. The molecule has 2 aromatic heterocycles. The summed E-state index contributed by atoms with van der Waals surface area (Å²) in [5.41, 5.74) is 0.418. The minimum atomic E-state index is -1.06. The molecular formula is C9H8BrN3O2S. The smallest absolute Gasteiger partial charge is 0.358 e. The highest BCUT2D eigenvalue weighted by Crippen LogP contribution is 2.31. The molecule has 0 bridgehead atoms. The lowest BCUT2D eigenvalue weighted by atomic mass is 10.3. The van der Waals surface area contributed by atoms with Gasteiger partial charge >= 0.3 is 5.97 Å². The fourth-order valence-electron chi connectivity index (χ4n) is 1.24. The van der Waals surface area contributed by atoms with E-state index < -0.39 is 5.97 Å². The number of carboxylic acids is 1. The van der Waals surface area contributed by atoms with Crippen LogP contribution in [0.25, 0.3) is 10.6 Å². The fraction of sp³-hybridized carbons (Fsp3) is 0.222.